The van der Waals surface area contributed by atoms with E-state index in [2.05, 4.69) is 5.32 Å². The summed E-state index contributed by atoms with van der Waals surface area (Å²) < 4.78 is 11.3. The summed E-state index contributed by atoms with van der Waals surface area (Å²) in [6.07, 6.45) is 0.352. The van der Waals surface area contributed by atoms with Crippen molar-refractivity contribution in [2.24, 2.45) is 0 Å². The Hall–Kier alpha value is -3.34. The zero-order chi connectivity index (χ0) is 19.6. The molecule has 3 aromatic carbocycles. The van der Waals surface area contributed by atoms with E-state index in [-0.39, 0.29) is 5.91 Å². The number of hydrogen-bond acceptors (Lipinski definition) is 4. The van der Waals surface area contributed by atoms with Crippen LogP contribution in [0.25, 0.3) is 10.8 Å². The van der Waals surface area contributed by atoms with Crippen molar-refractivity contribution in [3.05, 3.63) is 77.9 Å². The van der Waals surface area contributed by atoms with Gasteiger partial charge in [-0.3, -0.25) is 4.79 Å². The molecule has 1 heterocycles. The first-order valence-corrected chi connectivity index (χ1v) is 9.27. The van der Waals surface area contributed by atoms with Gasteiger partial charge < -0.3 is 14.8 Å². The minimum atomic E-state index is -1.22. The summed E-state index contributed by atoms with van der Waals surface area (Å²) in [5.41, 5.74) is 0.126. The van der Waals surface area contributed by atoms with E-state index in [0.717, 1.165) is 22.1 Å². The molecule has 0 spiro atoms. The fraction of sp³-hybridized carbons (Fsp3) is 0.217. The lowest BCUT2D eigenvalue weighted by atomic mass is 9.89. The maximum Gasteiger partial charge on any atom is 0.339 e. The Labute approximate surface area is 163 Å². The summed E-state index contributed by atoms with van der Waals surface area (Å²) in [6, 6.07) is 21.1. The molecule has 1 aliphatic heterocycles. The van der Waals surface area contributed by atoms with Gasteiger partial charge in [0.1, 0.15) is 12.4 Å². The first-order valence-electron chi connectivity index (χ1n) is 9.27. The van der Waals surface area contributed by atoms with Crippen molar-refractivity contribution in [3.8, 4) is 5.75 Å². The number of carbonyl (C=O) groups is 2. The standard InChI is InChI=1S/C23H21NO4/c1-23(15-17-8-3-5-11-19(17)21(25)28-23)22(26)24-13-14-27-20-12-6-9-16-7-2-4-10-18(16)20/h2-12H,13-15H2,1H3,(H,24,26). The summed E-state index contributed by atoms with van der Waals surface area (Å²) in [5.74, 6) is -0.0139. The van der Waals surface area contributed by atoms with Gasteiger partial charge in [-0.15, -0.1) is 0 Å². The molecule has 5 nitrogen and oxygen atoms in total. The van der Waals surface area contributed by atoms with Crippen LogP contribution >= 0.6 is 0 Å². The van der Waals surface area contributed by atoms with Gasteiger partial charge in [0.25, 0.3) is 5.91 Å². The summed E-state index contributed by atoms with van der Waals surface area (Å²) >= 11 is 0. The molecule has 142 valence electrons. The van der Waals surface area contributed by atoms with Crippen molar-refractivity contribution < 1.29 is 19.1 Å². The molecule has 0 saturated heterocycles. The number of cyclic esters (lactones) is 1. The average molecular weight is 375 g/mol. The molecule has 1 N–H and O–H groups in total. The maximum absolute atomic E-state index is 12.7. The molecule has 28 heavy (non-hydrogen) atoms. The van der Waals surface area contributed by atoms with Gasteiger partial charge in [-0.25, -0.2) is 4.79 Å². The van der Waals surface area contributed by atoms with Crippen LogP contribution in [0.1, 0.15) is 22.8 Å². The second-order valence-electron chi connectivity index (χ2n) is 7.04. The highest BCUT2D eigenvalue weighted by molar-refractivity contribution is 5.97. The fourth-order valence-electron chi connectivity index (χ4n) is 3.49. The van der Waals surface area contributed by atoms with Crippen molar-refractivity contribution >= 4 is 22.6 Å². The summed E-state index contributed by atoms with van der Waals surface area (Å²) in [5, 5.41) is 4.95. The van der Waals surface area contributed by atoms with Crippen molar-refractivity contribution in [2.45, 2.75) is 18.9 Å². The van der Waals surface area contributed by atoms with Crippen LogP contribution in [0.2, 0.25) is 0 Å². The Balaban J connectivity index is 1.36. The molecule has 1 amide bonds. The third-order valence-corrected chi connectivity index (χ3v) is 4.96. The van der Waals surface area contributed by atoms with Crippen LogP contribution in [0.3, 0.4) is 0 Å². The monoisotopic (exact) mass is 375 g/mol. The van der Waals surface area contributed by atoms with Gasteiger partial charge in [0.05, 0.1) is 12.1 Å². The third-order valence-electron chi connectivity index (χ3n) is 4.96. The van der Waals surface area contributed by atoms with E-state index in [0.29, 0.717) is 25.1 Å². The van der Waals surface area contributed by atoms with Crippen molar-refractivity contribution in [2.75, 3.05) is 13.2 Å². The number of benzene rings is 3. The highest BCUT2D eigenvalue weighted by Crippen LogP contribution is 2.28. The second-order valence-corrected chi connectivity index (χ2v) is 7.04. The molecule has 0 aromatic heterocycles. The van der Waals surface area contributed by atoms with Crippen LogP contribution in [0.5, 0.6) is 5.75 Å². The smallest absolute Gasteiger partial charge is 0.339 e. The van der Waals surface area contributed by atoms with Crippen LogP contribution in [0.4, 0.5) is 0 Å². The van der Waals surface area contributed by atoms with Crippen molar-refractivity contribution in [3.63, 3.8) is 0 Å². The summed E-state index contributed by atoms with van der Waals surface area (Å²) in [6.45, 7) is 2.28. The summed E-state index contributed by atoms with van der Waals surface area (Å²) in [7, 11) is 0. The maximum atomic E-state index is 12.7. The van der Waals surface area contributed by atoms with Gasteiger partial charge in [0.15, 0.2) is 5.60 Å². The molecule has 5 heteroatoms. The Morgan fingerprint density at radius 2 is 1.82 bits per heavy atom. The third kappa shape index (κ3) is 3.43. The highest BCUT2D eigenvalue weighted by Gasteiger charge is 2.42. The number of fused-ring (bicyclic) bond motifs is 2. The number of carbonyl (C=O) groups excluding carboxylic acids is 2. The molecule has 0 saturated carbocycles. The molecule has 4 rings (SSSR count). The lowest BCUT2D eigenvalue weighted by Gasteiger charge is -2.33. The zero-order valence-electron chi connectivity index (χ0n) is 15.6. The Kier molecular flexibility index (Phi) is 4.74. The van der Waals surface area contributed by atoms with Crippen molar-refractivity contribution in [1.29, 1.82) is 0 Å². The van der Waals surface area contributed by atoms with Crippen LogP contribution in [0.15, 0.2) is 66.7 Å². The van der Waals surface area contributed by atoms with E-state index in [9.17, 15) is 9.59 Å². The first-order chi connectivity index (χ1) is 13.6. The molecule has 0 fully saturated rings. The molecule has 0 bridgehead atoms. The van der Waals surface area contributed by atoms with Gasteiger partial charge >= 0.3 is 5.97 Å². The van der Waals surface area contributed by atoms with E-state index in [1.165, 1.54) is 0 Å². The number of ether oxygens (including phenoxy) is 2. The minimum Gasteiger partial charge on any atom is -0.491 e. The lowest BCUT2D eigenvalue weighted by Crippen LogP contribution is -2.52. The number of rotatable bonds is 5. The minimum absolute atomic E-state index is 0.316. The van der Waals surface area contributed by atoms with Gasteiger partial charge in [0, 0.05) is 11.8 Å². The molecule has 1 aliphatic rings. The average Bonchev–Trinajstić information content (AvgIpc) is 2.71. The van der Waals surface area contributed by atoms with Crippen LogP contribution in [-0.2, 0) is 16.0 Å². The highest BCUT2D eigenvalue weighted by atomic mass is 16.6. The first kappa shape index (κ1) is 18.0. The molecule has 3 aromatic rings. The van der Waals surface area contributed by atoms with Crippen LogP contribution in [-0.4, -0.2) is 30.6 Å². The van der Waals surface area contributed by atoms with E-state index in [1.807, 2.05) is 54.6 Å². The SMILES string of the molecule is CC1(C(=O)NCCOc2cccc3ccccc23)Cc2ccccc2C(=O)O1. The Bertz CT molecular complexity index is 1040. The summed E-state index contributed by atoms with van der Waals surface area (Å²) in [4.78, 5) is 24.9. The predicted molar refractivity (Wildman–Crippen MR) is 106 cm³/mol. The van der Waals surface area contributed by atoms with Crippen LogP contribution < -0.4 is 10.1 Å². The molecular formula is C23H21NO4. The normalized spacial score (nSPS) is 18.2. The molecule has 1 atom stereocenters. The number of hydrogen-bond donors (Lipinski definition) is 1. The molecule has 0 radical (unpaired) electrons. The molecular weight excluding hydrogens is 354 g/mol. The largest absolute Gasteiger partial charge is 0.491 e. The quantitative estimate of drug-likeness (QED) is 0.548. The molecule has 0 aliphatic carbocycles. The fourth-order valence-corrected chi connectivity index (χ4v) is 3.49. The second kappa shape index (κ2) is 7.35. The molecule has 1 unspecified atom stereocenters. The number of amides is 1. The van der Waals surface area contributed by atoms with Crippen molar-refractivity contribution in [1.82, 2.24) is 5.32 Å². The van der Waals surface area contributed by atoms with Crippen LogP contribution in [0, 0.1) is 0 Å². The Morgan fingerprint density at radius 1 is 1.07 bits per heavy atom. The number of nitrogens with one attached hydrogen (secondary N) is 1. The zero-order valence-corrected chi connectivity index (χ0v) is 15.6. The van der Waals surface area contributed by atoms with Gasteiger partial charge in [-0.05, 0) is 30.0 Å². The van der Waals surface area contributed by atoms with E-state index < -0.39 is 11.6 Å². The van der Waals surface area contributed by atoms with E-state index >= 15 is 0 Å². The number of esters is 1. The van der Waals surface area contributed by atoms with Gasteiger partial charge in [-0.2, -0.15) is 0 Å². The van der Waals surface area contributed by atoms with Gasteiger partial charge in [-0.1, -0.05) is 54.6 Å². The van der Waals surface area contributed by atoms with E-state index in [1.54, 1.807) is 19.1 Å². The van der Waals surface area contributed by atoms with Gasteiger partial charge in [0.2, 0.25) is 0 Å². The Morgan fingerprint density at radius 3 is 2.71 bits per heavy atom. The van der Waals surface area contributed by atoms with E-state index in [4.69, 9.17) is 9.47 Å². The lowest BCUT2D eigenvalue weighted by molar-refractivity contribution is -0.139. The topological polar surface area (TPSA) is 64.6 Å². The predicted octanol–water partition coefficient (Wildman–Crippen LogP) is 3.51.